The van der Waals surface area contributed by atoms with Crippen LogP contribution in [0.15, 0.2) is 24.4 Å². The highest BCUT2D eigenvalue weighted by Gasteiger charge is 2.21. The van der Waals surface area contributed by atoms with E-state index in [9.17, 15) is 4.39 Å². The van der Waals surface area contributed by atoms with E-state index in [2.05, 4.69) is 25.2 Å². The number of nitrogens with one attached hydrogen (secondary N) is 1. The summed E-state index contributed by atoms with van der Waals surface area (Å²) in [6.07, 6.45) is 1.63. The third-order valence-corrected chi connectivity index (χ3v) is 3.82. The van der Waals surface area contributed by atoms with Crippen molar-refractivity contribution < 1.29 is 4.39 Å². The van der Waals surface area contributed by atoms with Crippen molar-refractivity contribution in [3.8, 4) is 0 Å². The highest BCUT2D eigenvalue weighted by molar-refractivity contribution is 5.48. The Morgan fingerprint density at radius 3 is 2.61 bits per heavy atom. The van der Waals surface area contributed by atoms with Gasteiger partial charge >= 0.3 is 0 Å². The quantitative estimate of drug-likeness (QED) is 0.932. The molecular formula is C16H21FN6. The highest BCUT2D eigenvalue weighted by Crippen LogP contribution is 2.21. The van der Waals surface area contributed by atoms with Crippen molar-refractivity contribution in [2.24, 2.45) is 0 Å². The first-order valence-corrected chi connectivity index (χ1v) is 7.87. The molecule has 1 aliphatic rings. The fourth-order valence-electron chi connectivity index (χ4n) is 2.71. The minimum atomic E-state index is -0.270. The van der Waals surface area contributed by atoms with Crippen LogP contribution >= 0.6 is 0 Å². The van der Waals surface area contributed by atoms with E-state index < -0.39 is 0 Å². The Balaban J connectivity index is 1.71. The molecule has 6 nitrogen and oxygen atoms in total. The molecule has 0 spiro atoms. The lowest BCUT2D eigenvalue weighted by atomic mass is 10.3. The number of aryl methyl sites for hydroxylation is 1. The lowest BCUT2D eigenvalue weighted by Gasteiger charge is -2.36. The summed E-state index contributed by atoms with van der Waals surface area (Å²) in [6.45, 7) is 7.75. The van der Waals surface area contributed by atoms with Crippen molar-refractivity contribution in [2.75, 3.05) is 47.8 Å². The summed E-state index contributed by atoms with van der Waals surface area (Å²) in [5, 5.41) is 3.15. The van der Waals surface area contributed by atoms with Crippen LogP contribution in [0.3, 0.4) is 0 Å². The van der Waals surface area contributed by atoms with E-state index >= 15 is 0 Å². The summed E-state index contributed by atoms with van der Waals surface area (Å²) >= 11 is 0. The molecule has 0 radical (unpaired) electrons. The van der Waals surface area contributed by atoms with Gasteiger partial charge in [0.15, 0.2) is 11.6 Å². The number of halogens is 1. The molecule has 2 aromatic rings. The summed E-state index contributed by atoms with van der Waals surface area (Å²) in [5.74, 6) is 1.72. The topological polar surface area (TPSA) is 57.2 Å². The van der Waals surface area contributed by atoms with Crippen LogP contribution in [0, 0.1) is 12.7 Å². The van der Waals surface area contributed by atoms with Crippen LogP contribution in [0.5, 0.6) is 0 Å². The first-order chi connectivity index (χ1) is 11.2. The van der Waals surface area contributed by atoms with Crippen molar-refractivity contribution in [1.29, 1.82) is 0 Å². The molecule has 122 valence electrons. The van der Waals surface area contributed by atoms with Gasteiger partial charge in [0.05, 0.1) is 0 Å². The third kappa shape index (κ3) is 3.49. The second-order valence-electron chi connectivity index (χ2n) is 5.50. The predicted molar refractivity (Wildman–Crippen MR) is 89.6 cm³/mol. The highest BCUT2D eigenvalue weighted by atomic mass is 19.1. The molecule has 2 aromatic heterocycles. The maximum absolute atomic E-state index is 13.8. The fraction of sp³-hybridized carbons (Fsp3) is 0.438. The lowest BCUT2D eigenvalue weighted by Crippen LogP contribution is -2.47. The van der Waals surface area contributed by atoms with Crippen molar-refractivity contribution in [3.63, 3.8) is 0 Å². The minimum absolute atomic E-state index is 0.270. The van der Waals surface area contributed by atoms with Gasteiger partial charge < -0.3 is 15.1 Å². The van der Waals surface area contributed by atoms with Crippen LogP contribution in [0.25, 0.3) is 0 Å². The first-order valence-electron chi connectivity index (χ1n) is 7.87. The molecule has 0 amide bonds. The molecule has 23 heavy (non-hydrogen) atoms. The van der Waals surface area contributed by atoms with Gasteiger partial charge in [-0.3, -0.25) is 0 Å². The van der Waals surface area contributed by atoms with Gasteiger partial charge in [-0.25, -0.2) is 14.4 Å². The van der Waals surface area contributed by atoms with Crippen LogP contribution in [0.1, 0.15) is 12.6 Å². The van der Waals surface area contributed by atoms with Crippen molar-refractivity contribution >= 4 is 17.6 Å². The number of piperazine rings is 1. The number of rotatable bonds is 4. The van der Waals surface area contributed by atoms with E-state index in [0.717, 1.165) is 31.1 Å². The fourth-order valence-corrected chi connectivity index (χ4v) is 2.71. The van der Waals surface area contributed by atoms with Crippen LogP contribution in [0.4, 0.5) is 22.0 Å². The Bertz CT molecular complexity index is 669. The van der Waals surface area contributed by atoms with Crippen molar-refractivity contribution in [2.45, 2.75) is 13.8 Å². The molecule has 0 unspecified atom stereocenters. The van der Waals surface area contributed by atoms with Gasteiger partial charge in [0, 0.05) is 50.7 Å². The number of pyridine rings is 1. The molecule has 7 heteroatoms. The van der Waals surface area contributed by atoms with E-state index in [0.29, 0.717) is 24.9 Å². The van der Waals surface area contributed by atoms with Gasteiger partial charge in [-0.05, 0) is 26.0 Å². The maximum atomic E-state index is 13.8. The molecule has 0 aliphatic carbocycles. The zero-order chi connectivity index (χ0) is 16.2. The summed E-state index contributed by atoms with van der Waals surface area (Å²) in [7, 11) is 0. The third-order valence-electron chi connectivity index (χ3n) is 3.82. The molecule has 1 saturated heterocycles. The number of hydrogen-bond acceptors (Lipinski definition) is 6. The van der Waals surface area contributed by atoms with E-state index in [1.165, 1.54) is 6.07 Å². The molecule has 1 N–H and O–H groups in total. The molecular weight excluding hydrogens is 295 g/mol. The number of anilines is 3. The molecule has 0 saturated carbocycles. The molecule has 3 rings (SSSR count). The molecule has 0 bridgehead atoms. The second kappa shape index (κ2) is 6.76. The average Bonchev–Trinajstić information content (AvgIpc) is 2.55. The Morgan fingerprint density at radius 2 is 1.91 bits per heavy atom. The number of hydrogen-bond donors (Lipinski definition) is 1. The Kier molecular flexibility index (Phi) is 4.55. The van der Waals surface area contributed by atoms with E-state index in [1.807, 2.05) is 24.8 Å². The summed E-state index contributed by atoms with van der Waals surface area (Å²) in [6, 6.07) is 5.05. The number of aromatic nitrogens is 3. The Hall–Kier alpha value is -2.44. The zero-order valence-corrected chi connectivity index (χ0v) is 13.5. The summed E-state index contributed by atoms with van der Waals surface area (Å²) in [5.41, 5.74) is 0.934. The van der Waals surface area contributed by atoms with E-state index in [1.54, 1.807) is 12.3 Å². The molecule has 0 aromatic carbocycles. The smallest absolute Gasteiger partial charge is 0.224 e. The molecule has 1 aliphatic heterocycles. The zero-order valence-electron chi connectivity index (χ0n) is 13.5. The predicted octanol–water partition coefficient (Wildman–Crippen LogP) is 2.08. The van der Waals surface area contributed by atoms with Crippen LogP contribution < -0.4 is 15.1 Å². The monoisotopic (exact) mass is 316 g/mol. The normalized spacial score (nSPS) is 14.9. The van der Waals surface area contributed by atoms with Gasteiger partial charge in [-0.2, -0.15) is 4.98 Å². The van der Waals surface area contributed by atoms with Crippen LogP contribution in [-0.2, 0) is 0 Å². The van der Waals surface area contributed by atoms with Gasteiger partial charge in [0.1, 0.15) is 5.82 Å². The van der Waals surface area contributed by atoms with Crippen LogP contribution in [0.2, 0.25) is 0 Å². The standard InChI is InChI=1S/C16H21FN6/c1-3-18-16-20-12(2)11-14(21-16)22-7-9-23(10-8-22)15-13(17)5-4-6-19-15/h4-6,11H,3,7-10H2,1-2H3,(H,18,20,21). The molecule has 1 fully saturated rings. The van der Waals surface area contributed by atoms with Gasteiger partial charge in [-0.1, -0.05) is 0 Å². The number of nitrogens with zero attached hydrogens (tertiary/aromatic N) is 5. The maximum Gasteiger partial charge on any atom is 0.224 e. The van der Waals surface area contributed by atoms with E-state index in [-0.39, 0.29) is 5.82 Å². The Morgan fingerprint density at radius 1 is 1.17 bits per heavy atom. The summed E-state index contributed by atoms with van der Waals surface area (Å²) in [4.78, 5) is 17.3. The van der Waals surface area contributed by atoms with Crippen LogP contribution in [-0.4, -0.2) is 47.7 Å². The molecule has 3 heterocycles. The van der Waals surface area contributed by atoms with Crippen molar-refractivity contribution in [3.05, 3.63) is 35.9 Å². The summed E-state index contributed by atoms with van der Waals surface area (Å²) < 4.78 is 13.8. The minimum Gasteiger partial charge on any atom is -0.354 e. The van der Waals surface area contributed by atoms with Crippen molar-refractivity contribution in [1.82, 2.24) is 15.0 Å². The van der Waals surface area contributed by atoms with Gasteiger partial charge in [0.2, 0.25) is 5.95 Å². The Labute approximate surface area is 135 Å². The average molecular weight is 316 g/mol. The first kappa shape index (κ1) is 15.5. The van der Waals surface area contributed by atoms with Gasteiger partial charge in [-0.15, -0.1) is 0 Å². The largest absolute Gasteiger partial charge is 0.354 e. The SMILES string of the molecule is CCNc1nc(C)cc(N2CCN(c3ncccc3F)CC2)n1. The lowest BCUT2D eigenvalue weighted by molar-refractivity contribution is 0.587. The van der Waals surface area contributed by atoms with E-state index in [4.69, 9.17) is 0 Å². The van der Waals surface area contributed by atoms with Gasteiger partial charge in [0.25, 0.3) is 0 Å². The second-order valence-corrected chi connectivity index (χ2v) is 5.50. The molecule has 0 atom stereocenters.